The molecule has 0 saturated carbocycles. The van der Waals surface area contributed by atoms with Crippen LogP contribution in [-0.2, 0) is 7.05 Å². The molecule has 0 saturated heterocycles. The maximum atomic E-state index is 12.9. The fourth-order valence-corrected chi connectivity index (χ4v) is 1.42. The van der Waals surface area contributed by atoms with Crippen molar-refractivity contribution < 1.29 is 4.39 Å². The monoisotopic (exact) mass is 202 g/mol. The first-order valence-corrected chi connectivity index (χ1v) is 4.52. The van der Waals surface area contributed by atoms with E-state index in [9.17, 15) is 9.18 Å². The Morgan fingerprint density at radius 1 is 1.40 bits per heavy atom. The highest BCUT2D eigenvalue weighted by Crippen LogP contribution is 2.15. The van der Waals surface area contributed by atoms with Gasteiger partial charge >= 0.3 is 0 Å². The second-order valence-electron chi connectivity index (χ2n) is 3.26. The molecule has 2 aromatic rings. The SMILES string of the molecule is Cn1cccc(-c2cc[c]c(F)c2)c1=O. The van der Waals surface area contributed by atoms with Crippen molar-refractivity contribution in [3.05, 3.63) is 58.8 Å². The summed E-state index contributed by atoms with van der Waals surface area (Å²) in [4.78, 5) is 11.7. The number of hydrogen-bond donors (Lipinski definition) is 0. The summed E-state index contributed by atoms with van der Waals surface area (Å²) in [6.45, 7) is 0. The van der Waals surface area contributed by atoms with E-state index < -0.39 is 5.82 Å². The lowest BCUT2D eigenvalue weighted by Crippen LogP contribution is -2.17. The second kappa shape index (κ2) is 3.69. The van der Waals surface area contributed by atoms with Gasteiger partial charge in [0.1, 0.15) is 5.82 Å². The first-order chi connectivity index (χ1) is 7.18. The third kappa shape index (κ3) is 1.81. The van der Waals surface area contributed by atoms with E-state index in [1.165, 1.54) is 16.7 Å². The number of halogens is 1. The normalized spacial score (nSPS) is 10.3. The molecule has 1 aromatic heterocycles. The molecule has 1 aromatic carbocycles. The van der Waals surface area contributed by atoms with Crippen molar-refractivity contribution in [2.45, 2.75) is 0 Å². The average molecular weight is 202 g/mol. The Kier molecular flexibility index (Phi) is 2.37. The molecule has 0 aliphatic heterocycles. The molecule has 0 unspecified atom stereocenters. The largest absolute Gasteiger partial charge is 0.318 e. The van der Waals surface area contributed by atoms with Crippen LogP contribution >= 0.6 is 0 Å². The lowest BCUT2D eigenvalue weighted by Gasteiger charge is -2.02. The quantitative estimate of drug-likeness (QED) is 0.693. The van der Waals surface area contributed by atoms with Crippen LogP contribution in [-0.4, -0.2) is 4.57 Å². The van der Waals surface area contributed by atoms with Crippen molar-refractivity contribution >= 4 is 0 Å². The van der Waals surface area contributed by atoms with Gasteiger partial charge in [0.15, 0.2) is 0 Å². The number of aryl methyl sites for hydroxylation is 1. The minimum atomic E-state index is -0.460. The fourth-order valence-electron chi connectivity index (χ4n) is 1.42. The Hall–Kier alpha value is -1.90. The Morgan fingerprint density at radius 2 is 2.20 bits per heavy atom. The first kappa shape index (κ1) is 9.65. The van der Waals surface area contributed by atoms with Gasteiger partial charge in [0.25, 0.3) is 5.56 Å². The highest BCUT2D eigenvalue weighted by atomic mass is 19.1. The second-order valence-corrected chi connectivity index (χ2v) is 3.26. The Labute approximate surface area is 86.6 Å². The van der Waals surface area contributed by atoms with Crippen LogP contribution in [0.25, 0.3) is 11.1 Å². The summed E-state index contributed by atoms with van der Waals surface area (Å²) in [5.41, 5.74) is 0.934. The summed E-state index contributed by atoms with van der Waals surface area (Å²) in [6.07, 6.45) is 1.66. The van der Waals surface area contributed by atoms with Crippen LogP contribution in [0.15, 0.2) is 41.3 Å². The minimum Gasteiger partial charge on any atom is -0.318 e. The number of hydrogen-bond acceptors (Lipinski definition) is 1. The highest BCUT2D eigenvalue weighted by molar-refractivity contribution is 5.61. The zero-order chi connectivity index (χ0) is 10.8. The molecule has 0 bridgehead atoms. The third-order valence-electron chi connectivity index (χ3n) is 2.20. The van der Waals surface area contributed by atoms with E-state index in [0.29, 0.717) is 11.1 Å². The summed E-state index contributed by atoms with van der Waals surface area (Å²) in [5, 5.41) is 0. The van der Waals surface area contributed by atoms with Gasteiger partial charge < -0.3 is 4.57 Å². The number of pyridine rings is 1. The molecule has 1 radical (unpaired) electrons. The summed E-state index contributed by atoms with van der Waals surface area (Å²) < 4.78 is 14.4. The molecule has 0 amide bonds. The molecule has 1 heterocycles. The van der Waals surface area contributed by atoms with Crippen LogP contribution in [0.3, 0.4) is 0 Å². The topological polar surface area (TPSA) is 22.0 Å². The van der Waals surface area contributed by atoms with E-state index >= 15 is 0 Å². The summed E-state index contributed by atoms with van der Waals surface area (Å²) in [6, 6.07) is 10.3. The zero-order valence-corrected chi connectivity index (χ0v) is 8.20. The summed E-state index contributed by atoms with van der Waals surface area (Å²) in [7, 11) is 1.66. The van der Waals surface area contributed by atoms with Crippen molar-refractivity contribution in [1.29, 1.82) is 0 Å². The molecule has 0 fully saturated rings. The van der Waals surface area contributed by atoms with Crippen LogP contribution in [0.1, 0.15) is 0 Å². The van der Waals surface area contributed by atoms with Gasteiger partial charge in [-0.2, -0.15) is 0 Å². The van der Waals surface area contributed by atoms with E-state index in [0.717, 1.165) is 0 Å². The van der Waals surface area contributed by atoms with Crippen molar-refractivity contribution in [3.8, 4) is 11.1 Å². The van der Waals surface area contributed by atoms with Crippen LogP contribution in [0, 0.1) is 11.9 Å². The van der Waals surface area contributed by atoms with Crippen molar-refractivity contribution in [2.75, 3.05) is 0 Å². The van der Waals surface area contributed by atoms with Gasteiger partial charge in [-0.15, -0.1) is 0 Å². The molecule has 2 rings (SSSR count). The molecule has 0 N–H and O–H groups in total. The highest BCUT2D eigenvalue weighted by Gasteiger charge is 2.04. The number of aromatic nitrogens is 1. The van der Waals surface area contributed by atoms with Gasteiger partial charge in [-0.25, -0.2) is 4.39 Å². The standard InChI is InChI=1S/C12H9FNO/c1-14-7-3-6-11(12(14)15)9-4-2-5-10(13)8-9/h2-4,6-8H,1H3. The molecule has 2 nitrogen and oxygen atoms in total. The maximum Gasteiger partial charge on any atom is 0.258 e. The van der Waals surface area contributed by atoms with Gasteiger partial charge in [-0.3, -0.25) is 4.79 Å². The molecule has 0 aliphatic carbocycles. The number of benzene rings is 1. The van der Waals surface area contributed by atoms with E-state index in [4.69, 9.17) is 0 Å². The Bertz CT molecular complexity index is 545. The smallest absolute Gasteiger partial charge is 0.258 e. The Morgan fingerprint density at radius 3 is 2.93 bits per heavy atom. The average Bonchev–Trinajstić information content (AvgIpc) is 2.22. The van der Waals surface area contributed by atoms with Crippen molar-refractivity contribution in [1.82, 2.24) is 4.57 Å². The molecular formula is C12H9FNO. The van der Waals surface area contributed by atoms with Gasteiger partial charge in [0, 0.05) is 24.9 Å². The minimum absolute atomic E-state index is 0.136. The molecule has 0 aliphatic rings. The van der Waals surface area contributed by atoms with E-state index in [-0.39, 0.29) is 5.56 Å². The predicted octanol–water partition coefficient (Wildman–Crippen LogP) is 1.99. The Balaban J connectivity index is 2.65. The predicted molar refractivity (Wildman–Crippen MR) is 55.9 cm³/mol. The molecule has 3 heteroatoms. The number of nitrogens with zero attached hydrogens (tertiary/aromatic N) is 1. The lowest BCUT2D eigenvalue weighted by molar-refractivity contribution is 0.626. The molecule has 15 heavy (non-hydrogen) atoms. The lowest BCUT2D eigenvalue weighted by atomic mass is 10.1. The van der Waals surface area contributed by atoms with Gasteiger partial charge in [0.2, 0.25) is 0 Å². The maximum absolute atomic E-state index is 12.9. The molecule has 0 spiro atoms. The molecule has 0 atom stereocenters. The van der Waals surface area contributed by atoms with E-state index in [2.05, 4.69) is 6.07 Å². The summed E-state index contributed by atoms with van der Waals surface area (Å²) in [5.74, 6) is -0.460. The van der Waals surface area contributed by atoms with Gasteiger partial charge in [0.05, 0.1) is 0 Å². The molecular weight excluding hydrogens is 193 g/mol. The van der Waals surface area contributed by atoms with Gasteiger partial charge in [-0.1, -0.05) is 12.1 Å². The van der Waals surface area contributed by atoms with Crippen LogP contribution in [0.2, 0.25) is 0 Å². The van der Waals surface area contributed by atoms with Crippen LogP contribution in [0.5, 0.6) is 0 Å². The summed E-state index contributed by atoms with van der Waals surface area (Å²) >= 11 is 0. The first-order valence-electron chi connectivity index (χ1n) is 4.52. The third-order valence-corrected chi connectivity index (χ3v) is 2.20. The fraction of sp³-hybridized carbons (Fsp3) is 0.0833. The van der Waals surface area contributed by atoms with E-state index in [1.54, 1.807) is 31.4 Å². The van der Waals surface area contributed by atoms with Crippen molar-refractivity contribution in [2.24, 2.45) is 7.05 Å². The van der Waals surface area contributed by atoms with Crippen molar-refractivity contribution in [3.63, 3.8) is 0 Å². The van der Waals surface area contributed by atoms with Gasteiger partial charge in [-0.05, 0) is 23.8 Å². The van der Waals surface area contributed by atoms with Crippen LogP contribution < -0.4 is 5.56 Å². The molecule has 75 valence electrons. The van der Waals surface area contributed by atoms with Crippen LogP contribution in [0.4, 0.5) is 4.39 Å². The number of rotatable bonds is 1. The zero-order valence-electron chi connectivity index (χ0n) is 8.20. The van der Waals surface area contributed by atoms with E-state index in [1.807, 2.05) is 0 Å².